The fourth-order valence-corrected chi connectivity index (χ4v) is 5.44. The van der Waals surface area contributed by atoms with E-state index in [0.29, 0.717) is 11.4 Å². The van der Waals surface area contributed by atoms with E-state index in [2.05, 4.69) is 17.5 Å². The topological polar surface area (TPSA) is 75.7 Å². The van der Waals surface area contributed by atoms with Crippen LogP contribution in [0.2, 0.25) is 0 Å². The van der Waals surface area contributed by atoms with E-state index < -0.39 is 6.04 Å². The number of hydrogen-bond acceptors (Lipinski definition) is 4. The molecule has 2 bridgehead atoms. The van der Waals surface area contributed by atoms with Gasteiger partial charge < -0.3 is 10.1 Å². The number of carbonyl (C=O) groups excluding carboxylic acids is 3. The maximum atomic E-state index is 13.5. The second kappa shape index (κ2) is 8.26. The van der Waals surface area contributed by atoms with Crippen LogP contribution >= 0.6 is 0 Å². The average molecular weight is 431 g/mol. The molecule has 1 saturated heterocycles. The highest BCUT2D eigenvalue weighted by Crippen LogP contribution is 2.50. The third-order valence-electron chi connectivity index (χ3n) is 7.04. The minimum absolute atomic E-state index is 0.0912. The van der Waals surface area contributed by atoms with Gasteiger partial charge in [-0.3, -0.25) is 19.3 Å². The maximum absolute atomic E-state index is 13.5. The molecule has 0 spiro atoms. The number of imide groups is 1. The monoisotopic (exact) mass is 430 g/mol. The zero-order valence-corrected chi connectivity index (χ0v) is 17.9. The van der Waals surface area contributed by atoms with Crippen molar-refractivity contribution in [3.63, 3.8) is 0 Å². The van der Waals surface area contributed by atoms with E-state index in [4.69, 9.17) is 4.74 Å². The molecule has 3 amide bonds. The molecule has 3 aliphatic carbocycles. The van der Waals surface area contributed by atoms with E-state index in [9.17, 15) is 14.4 Å². The summed E-state index contributed by atoms with van der Waals surface area (Å²) in [5.41, 5.74) is 1.49. The van der Waals surface area contributed by atoms with Crippen LogP contribution in [0.4, 0.5) is 5.69 Å². The summed E-state index contributed by atoms with van der Waals surface area (Å²) in [5, 5.41) is 2.89. The number of ether oxygens (including phenoxy) is 1. The summed E-state index contributed by atoms with van der Waals surface area (Å²) < 4.78 is 5.17. The van der Waals surface area contributed by atoms with Crippen molar-refractivity contribution in [2.24, 2.45) is 23.7 Å². The number of hydrogen-bond donors (Lipinski definition) is 1. The predicted molar refractivity (Wildman–Crippen MR) is 120 cm³/mol. The Morgan fingerprint density at radius 1 is 0.969 bits per heavy atom. The van der Waals surface area contributed by atoms with E-state index >= 15 is 0 Å². The Morgan fingerprint density at radius 2 is 1.56 bits per heavy atom. The third kappa shape index (κ3) is 3.49. The molecule has 0 radical (unpaired) electrons. The highest BCUT2D eigenvalue weighted by molar-refractivity contribution is 6.10. The molecule has 5 atom stereocenters. The molecule has 2 aromatic rings. The molecular weight excluding hydrogens is 404 g/mol. The zero-order valence-electron chi connectivity index (χ0n) is 17.9. The van der Waals surface area contributed by atoms with Gasteiger partial charge in [0.25, 0.3) is 0 Å². The number of carbonyl (C=O) groups is 3. The van der Waals surface area contributed by atoms with Crippen LogP contribution in [0.1, 0.15) is 18.4 Å². The van der Waals surface area contributed by atoms with Crippen molar-refractivity contribution in [2.75, 3.05) is 12.4 Å². The molecule has 164 valence electrons. The van der Waals surface area contributed by atoms with Crippen molar-refractivity contribution >= 4 is 23.4 Å². The molecular formula is C26H26N2O4. The number of benzene rings is 2. The maximum Gasteiger partial charge on any atom is 0.248 e. The summed E-state index contributed by atoms with van der Waals surface area (Å²) in [6.07, 6.45) is 6.32. The van der Waals surface area contributed by atoms with E-state index in [1.165, 1.54) is 4.90 Å². The number of anilines is 1. The highest BCUT2D eigenvalue weighted by atomic mass is 16.5. The van der Waals surface area contributed by atoms with Crippen LogP contribution in [0.15, 0.2) is 66.7 Å². The molecule has 1 heterocycles. The lowest BCUT2D eigenvalue weighted by molar-refractivity contribution is -0.146. The Morgan fingerprint density at radius 3 is 2.09 bits per heavy atom. The Hall–Kier alpha value is -3.41. The fraction of sp³-hybridized carbons (Fsp3) is 0.346. The molecule has 1 N–H and O–H groups in total. The first kappa shape index (κ1) is 20.5. The molecule has 32 heavy (non-hydrogen) atoms. The normalized spacial score (nSPS) is 26.7. The first-order valence-corrected chi connectivity index (χ1v) is 11.1. The second-order valence-electron chi connectivity index (χ2n) is 8.81. The van der Waals surface area contributed by atoms with Crippen molar-refractivity contribution < 1.29 is 19.1 Å². The molecule has 6 nitrogen and oxygen atoms in total. The third-order valence-corrected chi connectivity index (χ3v) is 7.04. The lowest BCUT2D eigenvalue weighted by Crippen LogP contribution is -2.49. The summed E-state index contributed by atoms with van der Waals surface area (Å²) >= 11 is 0. The van der Waals surface area contributed by atoms with Crippen molar-refractivity contribution in [1.29, 1.82) is 0 Å². The van der Waals surface area contributed by atoms with Gasteiger partial charge in [0.15, 0.2) is 0 Å². The SMILES string of the molecule is COc1ccc(NC(=O)[C@@H](Cc2ccccc2)N2C(=O)[C@@H]3[C@H](C2=O)[C@H]2C=C[C@H]3CC2)cc1. The van der Waals surface area contributed by atoms with Crippen LogP contribution in [0, 0.1) is 23.7 Å². The van der Waals surface area contributed by atoms with Gasteiger partial charge in [-0.25, -0.2) is 0 Å². The van der Waals surface area contributed by atoms with Gasteiger partial charge >= 0.3 is 0 Å². The average Bonchev–Trinajstić information content (AvgIpc) is 3.11. The smallest absolute Gasteiger partial charge is 0.248 e. The van der Waals surface area contributed by atoms with Crippen LogP contribution in [-0.4, -0.2) is 35.8 Å². The number of allylic oxidation sites excluding steroid dienone is 2. The second-order valence-corrected chi connectivity index (χ2v) is 8.81. The summed E-state index contributed by atoms with van der Waals surface area (Å²) in [7, 11) is 1.58. The summed E-state index contributed by atoms with van der Waals surface area (Å²) in [4.78, 5) is 41.7. The van der Waals surface area contributed by atoms with Gasteiger partial charge in [0.1, 0.15) is 11.8 Å². The molecule has 2 aromatic carbocycles. The lowest BCUT2D eigenvalue weighted by atomic mass is 9.63. The number of fused-ring (bicyclic) bond motifs is 1. The van der Waals surface area contributed by atoms with Crippen molar-refractivity contribution in [2.45, 2.75) is 25.3 Å². The van der Waals surface area contributed by atoms with Crippen LogP contribution in [0.3, 0.4) is 0 Å². The van der Waals surface area contributed by atoms with Gasteiger partial charge in [-0.05, 0) is 54.5 Å². The molecule has 0 aromatic heterocycles. The van der Waals surface area contributed by atoms with Crippen molar-refractivity contribution in [3.8, 4) is 5.75 Å². The molecule has 0 unspecified atom stereocenters. The number of nitrogens with zero attached hydrogens (tertiary/aromatic N) is 1. The van der Waals surface area contributed by atoms with Gasteiger partial charge in [0.05, 0.1) is 18.9 Å². The van der Waals surface area contributed by atoms with Crippen molar-refractivity contribution in [1.82, 2.24) is 4.90 Å². The van der Waals surface area contributed by atoms with Gasteiger partial charge in [-0.15, -0.1) is 0 Å². The van der Waals surface area contributed by atoms with Crippen LogP contribution in [0.5, 0.6) is 5.75 Å². The largest absolute Gasteiger partial charge is 0.497 e. The van der Waals surface area contributed by atoms with E-state index in [1.54, 1.807) is 31.4 Å². The summed E-state index contributed by atoms with van der Waals surface area (Å²) in [5.74, 6) is -0.575. The van der Waals surface area contributed by atoms with Gasteiger partial charge in [-0.1, -0.05) is 42.5 Å². The van der Waals surface area contributed by atoms with Crippen molar-refractivity contribution in [3.05, 3.63) is 72.3 Å². The first-order valence-electron chi connectivity index (χ1n) is 11.1. The van der Waals surface area contributed by atoms with Crippen LogP contribution in [-0.2, 0) is 20.8 Å². The number of amides is 3. The Balaban J connectivity index is 1.45. The van der Waals surface area contributed by atoms with E-state index in [-0.39, 0.29) is 47.8 Å². The van der Waals surface area contributed by atoms with Gasteiger partial charge in [0, 0.05) is 12.1 Å². The minimum atomic E-state index is -0.899. The Kier molecular flexibility index (Phi) is 5.29. The van der Waals surface area contributed by atoms with E-state index in [1.807, 2.05) is 30.3 Å². The van der Waals surface area contributed by atoms with Gasteiger partial charge in [-0.2, -0.15) is 0 Å². The minimum Gasteiger partial charge on any atom is -0.497 e. The molecule has 2 fully saturated rings. The number of likely N-dealkylation sites (tertiary alicyclic amines) is 1. The lowest BCUT2D eigenvalue weighted by Gasteiger charge is -2.38. The van der Waals surface area contributed by atoms with Gasteiger partial charge in [0.2, 0.25) is 17.7 Å². The first-order chi connectivity index (χ1) is 15.6. The predicted octanol–water partition coefficient (Wildman–Crippen LogP) is 3.44. The van der Waals surface area contributed by atoms with Crippen LogP contribution in [0.25, 0.3) is 0 Å². The number of nitrogens with one attached hydrogen (secondary N) is 1. The standard InChI is InChI=1S/C26H26N2O4/c1-32-20-13-11-19(12-14-20)27-24(29)21(15-16-5-3-2-4-6-16)28-25(30)22-17-7-8-18(10-9-17)23(22)26(28)31/h2-8,11-14,17-18,21-23H,9-10,15H2,1H3,(H,27,29)/t17-,18-,21+,22-,23+/m0/s1. The Labute approximate surface area is 187 Å². The van der Waals surface area contributed by atoms with E-state index in [0.717, 1.165) is 18.4 Å². The molecule has 6 heteroatoms. The zero-order chi connectivity index (χ0) is 22.2. The van der Waals surface area contributed by atoms with Crippen LogP contribution < -0.4 is 10.1 Å². The molecule has 6 rings (SSSR count). The quantitative estimate of drug-likeness (QED) is 0.563. The number of methoxy groups -OCH3 is 1. The highest BCUT2D eigenvalue weighted by Gasteiger charge is 2.58. The molecule has 4 aliphatic rings. The number of rotatable bonds is 6. The molecule has 1 aliphatic heterocycles. The summed E-state index contributed by atoms with van der Waals surface area (Å²) in [6, 6.07) is 15.6. The molecule has 1 saturated carbocycles. The Bertz CT molecular complexity index is 1030. The fourth-order valence-electron chi connectivity index (χ4n) is 5.44. The summed E-state index contributed by atoms with van der Waals surface area (Å²) in [6.45, 7) is 0.